The quantitative estimate of drug-likeness (QED) is 0.567. The number of carbonyl (C=O) groups is 2. The van der Waals surface area contributed by atoms with E-state index in [2.05, 4.69) is 47.8 Å². The number of likely N-dealkylation sites (tertiary alicyclic amines) is 1. The van der Waals surface area contributed by atoms with Gasteiger partial charge in [-0.2, -0.15) is 0 Å². The number of piperidine rings is 1. The van der Waals surface area contributed by atoms with Crippen molar-refractivity contribution in [2.45, 2.75) is 25.8 Å². The SMILES string of the molecule is CCOC(=O)C1CCN(C(=O)CNC(c2ccccc2)c2cccc3ccccc23)CC1. The molecule has 0 bridgehead atoms. The fraction of sp³-hybridized carbons (Fsp3) is 0.333. The standard InChI is InChI=1S/C27H30N2O3/c1-2-32-27(31)22-15-17-29(18-16-22)25(30)19-28-26(21-10-4-3-5-11-21)24-14-8-12-20-9-6-7-13-23(20)24/h3-14,22,26,28H,2,15-19H2,1H3. The second-order valence-electron chi connectivity index (χ2n) is 8.20. The Labute approximate surface area is 189 Å². The average molecular weight is 431 g/mol. The summed E-state index contributed by atoms with van der Waals surface area (Å²) in [6, 6.07) is 24.8. The van der Waals surface area contributed by atoms with Crippen LogP contribution < -0.4 is 5.32 Å². The van der Waals surface area contributed by atoms with Crippen LogP contribution in [-0.4, -0.2) is 43.0 Å². The summed E-state index contributed by atoms with van der Waals surface area (Å²) >= 11 is 0. The van der Waals surface area contributed by atoms with Crippen LogP contribution in [0.4, 0.5) is 0 Å². The van der Waals surface area contributed by atoms with E-state index in [9.17, 15) is 9.59 Å². The van der Waals surface area contributed by atoms with Gasteiger partial charge < -0.3 is 9.64 Å². The fourth-order valence-corrected chi connectivity index (χ4v) is 4.48. The van der Waals surface area contributed by atoms with Gasteiger partial charge in [-0.1, -0.05) is 72.8 Å². The number of amides is 1. The normalized spacial score (nSPS) is 15.5. The molecule has 3 aromatic carbocycles. The van der Waals surface area contributed by atoms with Gasteiger partial charge in [0.15, 0.2) is 0 Å². The first-order chi connectivity index (χ1) is 15.7. The molecule has 1 N–H and O–H groups in total. The molecule has 166 valence electrons. The predicted octanol–water partition coefficient (Wildman–Crippen LogP) is 4.32. The lowest BCUT2D eigenvalue weighted by Crippen LogP contribution is -2.44. The summed E-state index contributed by atoms with van der Waals surface area (Å²) in [4.78, 5) is 26.8. The molecule has 0 radical (unpaired) electrons. The number of ether oxygens (including phenoxy) is 1. The minimum absolute atomic E-state index is 0.0634. The van der Waals surface area contributed by atoms with Crippen molar-refractivity contribution >= 4 is 22.6 Å². The zero-order chi connectivity index (χ0) is 22.3. The lowest BCUT2D eigenvalue weighted by Gasteiger charge is -2.31. The zero-order valence-electron chi connectivity index (χ0n) is 18.5. The van der Waals surface area contributed by atoms with Crippen LogP contribution in [0.3, 0.4) is 0 Å². The smallest absolute Gasteiger partial charge is 0.309 e. The Morgan fingerprint density at radius 2 is 1.66 bits per heavy atom. The average Bonchev–Trinajstić information content (AvgIpc) is 2.85. The van der Waals surface area contributed by atoms with Crippen molar-refractivity contribution in [1.82, 2.24) is 10.2 Å². The summed E-state index contributed by atoms with van der Waals surface area (Å²) in [7, 11) is 0. The molecule has 1 unspecified atom stereocenters. The molecule has 1 aliphatic heterocycles. The van der Waals surface area contributed by atoms with Gasteiger partial charge in [0.2, 0.25) is 5.91 Å². The highest BCUT2D eigenvalue weighted by atomic mass is 16.5. The first kappa shape index (κ1) is 22.0. The molecule has 5 nitrogen and oxygen atoms in total. The van der Waals surface area contributed by atoms with Crippen LogP contribution in [0.1, 0.15) is 36.9 Å². The van der Waals surface area contributed by atoms with Crippen molar-refractivity contribution in [2.75, 3.05) is 26.2 Å². The van der Waals surface area contributed by atoms with Crippen LogP contribution in [-0.2, 0) is 14.3 Å². The van der Waals surface area contributed by atoms with E-state index in [0.717, 1.165) is 11.1 Å². The molecule has 3 aromatic rings. The third kappa shape index (κ3) is 5.00. The Bertz CT molecular complexity index is 1050. The molecular formula is C27H30N2O3. The molecule has 5 heteroatoms. The van der Waals surface area contributed by atoms with E-state index in [1.807, 2.05) is 42.2 Å². The van der Waals surface area contributed by atoms with Crippen LogP contribution in [0.5, 0.6) is 0 Å². The topological polar surface area (TPSA) is 58.6 Å². The van der Waals surface area contributed by atoms with E-state index >= 15 is 0 Å². The highest BCUT2D eigenvalue weighted by molar-refractivity contribution is 5.86. The molecule has 1 atom stereocenters. The number of nitrogens with one attached hydrogen (secondary N) is 1. The molecule has 0 aliphatic carbocycles. The number of nitrogens with zero attached hydrogens (tertiary/aromatic N) is 1. The van der Waals surface area contributed by atoms with Crippen molar-refractivity contribution in [3.63, 3.8) is 0 Å². The number of carbonyl (C=O) groups excluding carboxylic acids is 2. The van der Waals surface area contributed by atoms with Crippen LogP contribution >= 0.6 is 0 Å². The van der Waals surface area contributed by atoms with Gasteiger partial charge in [-0.3, -0.25) is 14.9 Å². The van der Waals surface area contributed by atoms with Crippen LogP contribution in [0.15, 0.2) is 72.8 Å². The Morgan fingerprint density at radius 1 is 0.969 bits per heavy atom. The molecule has 0 saturated carbocycles. The van der Waals surface area contributed by atoms with Crippen molar-refractivity contribution < 1.29 is 14.3 Å². The van der Waals surface area contributed by atoms with Gasteiger partial charge in [0, 0.05) is 13.1 Å². The van der Waals surface area contributed by atoms with Crippen LogP contribution in [0, 0.1) is 5.92 Å². The Kier molecular flexibility index (Phi) is 7.17. The largest absolute Gasteiger partial charge is 0.466 e. The lowest BCUT2D eigenvalue weighted by atomic mass is 9.93. The number of benzene rings is 3. The van der Waals surface area contributed by atoms with Crippen molar-refractivity contribution in [3.05, 3.63) is 83.9 Å². The molecule has 1 fully saturated rings. The minimum Gasteiger partial charge on any atom is -0.466 e. The van der Waals surface area contributed by atoms with Crippen molar-refractivity contribution in [3.8, 4) is 0 Å². The third-order valence-corrected chi connectivity index (χ3v) is 6.19. The van der Waals surface area contributed by atoms with Gasteiger partial charge in [0.1, 0.15) is 0 Å². The molecule has 32 heavy (non-hydrogen) atoms. The minimum atomic E-state index is -0.141. The van der Waals surface area contributed by atoms with E-state index < -0.39 is 0 Å². The van der Waals surface area contributed by atoms with Crippen LogP contribution in [0.2, 0.25) is 0 Å². The maximum absolute atomic E-state index is 13.0. The first-order valence-corrected chi connectivity index (χ1v) is 11.4. The predicted molar refractivity (Wildman–Crippen MR) is 126 cm³/mol. The number of hydrogen-bond acceptors (Lipinski definition) is 4. The Balaban J connectivity index is 1.47. The highest BCUT2D eigenvalue weighted by Crippen LogP contribution is 2.29. The van der Waals surface area contributed by atoms with Gasteiger partial charge in [0.25, 0.3) is 0 Å². The van der Waals surface area contributed by atoms with Gasteiger partial charge in [0.05, 0.1) is 25.1 Å². The van der Waals surface area contributed by atoms with Crippen molar-refractivity contribution in [1.29, 1.82) is 0 Å². The monoisotopic (exact) mass is 430 g/mol. The molecule has 1 amide bonds. The maximum Gasteiger partial charge on any atom is 0.309 e. The second kappa shape index (κ2) is 10.4. The maximum atomic E-state index is 13.0. The third-order valence-electron chi connectivity index (χ3n) is 6.19. The fourth-order valence-electron chi connectivity index (χ4n) is 4.48. The number of hydrogen-bond donors (Lipinski definition) is 1. The number of fused-ring (bicyclic) bond motifs is 1. The first-order valence-electron chi connectivity index (χ1n) is 11.4. The summed E-state index contributed by atoms with van der Waals surface area (Å²) in [6.07, 6.45) is 1.33. The highest BCUT2D eigenvalue weighted by Gasteiger charge is 2.28. The van der Waals surface area contributed by atoms with E-state index in [1.54, 1.807) is 0 Å². The van der Waals surface area contributed by atoms with Crippen molar-refractivity contribution in [2.24, 2.45) is 5.92 Å². The molecule has 4 rings (SSSR count). The summed E-state index contributed by atoms with van der Waals surface area (Å²) in [5, 5.41) is 5.87. The van der Waals surface area contributed by atoms with Gasteiger partial charge in [-0.05, 0) is 41.7 Å². The Morgan fingerprint density at radius 3 is 2.41 bits per heavy atom. The van der Waals surface area contributed by atoms with E-state index in [-0.39, 0.29) is 30.4 Å². The number of esters is 1. The number of rotatable bonds is 7. The molecule has 1 aliphatic rings. The zero-order valence-corrected chi connectivity index (χ0v) is 18.5. The lowest BCUT2D eigenvalue weighted by molar-refractivity contribution is -0.151. The van der Waals surface area contributed by atoms with E-state index in [0.29, 0.717) is 32.5 Å². The van der Waals surface area contributed by atoms with Gasteiger partial charge in [-0.15, -0.1) is 0 Å². The second-order valence-corrected chi connectivity index (χ2v) is 8.20. The summed E-state index contributed by atoms with van der Waals surface area (Å²) in [5.74, 6) is -0.175. The van der Waals surface area contributed by atoms with Gasteiger partial charge in [-0.25, -0.2) is 0 Å². The molecule has 0 aromatic heterocycles. The van der Waals surface area contributed by atoms with Gasteiger partial charge >= 0.3 is 5.97 Å². The summed E-state index contributed by atoms with van der Waals surface area (Å²) in [6.45, 7) is 3.65. The summed E-state index contributed by atoms with van der Waals surface area (Å²) in [5.41, 5.74) is 2.28. The molecule has 1 saturated heterocycles. The summed E-state index contributed by atoms with van der Waals surface area (Å²) < 4.78 is 5.13. The van der Waals surface area contributed by atoms with E-state index in [4.69, 9.17) is 4.74 Å². The molecular weight excluding hydrogens is 400 g/mol. The van der Waals surface area contributed by atoms with Crippen LogP contribution in [0.25, 0.3) is 10.8 Å². The molecule has 1 heterocycles. The Hall–Kier alpha value is -3.18. The van der Waals surface area contributed by atoms with E-state index in [1.165, 1.54) is 10.8 Å². The molecule has 0 spiro atoms.